The average Bonchev–Trinajstić information content (AvgIpc) is 2.72. The number of carboxylic acid groups (broad SMARTS) is 1. The summed E-state index contributed by atoms with van der Waals surface area (Å²) in [5.41, 5.74) is 5.79. The predicted octanol–water partition coefficient (Wildman–Crippen LogP) is -1.50. The van der Waals surface area contributed by atoms with Crippen molar-refractivity contribution in [2.45, 2.75) is 0 Å². The third-order valence-corrected chi connectivity index (χ3v) is 1.96. The molecule has 86 valence electrons. The average molecular weight is 231 g/mol. The van der Waals surface area contributed by atoms with Gasteiger partial charge in [0.2, 0.25) is 0 Å². The molecule has 0 amide bonds. The molecule has 0 fully saturated rings. The Morgan fingerprint density at radius 3 is 2.88 bits per heavy atom. The maximum atomic E-state index is 10.8. The van der Waals surface area contributed by atoms with E-state index in [9.17, 15) is 9.90 Å². The molecule has 0 aliphatic rings. The molecule has 8 nitrogen and oxygen atoms in total. The van der Waals surface area contributed by atoms with Crippen LogP contribution in [0.3, 0.4) is 0 Å². The summed E-state index contributed by atoms with van der Waals surface area (Å²) >= 11 is 0. The van der Waals surface area contributed by atoms with Crippen molar-refractivity contribution in [1.82, 2.24) is 20.3 Å². The summed E-state index contributed by atoms with van der Waals surface area (Å²) in [6, 6.07) is 6.26. The molecule has 2 aromatic rings. The smallest absolute Gasteiger partial charge is 0.263 e. The lowest BCUT2D eigenvalue weighted by molar-refractivity contribution is -0.255. The van der Waals surface area contributed by atoms with Gasteiger partial charge in [0.15, 0.2) is 0 Å². The Bertz CT molecular complexity index is 576. The standard InChI is InChI=1S/C9H8N6O2/c10-9-12-13-14-15(9)11-5-6-3-1-2-4-7(6)8(16)17/h1-5H,(H,16,17)(H2,10,12,14)/p-1/b11-5-. The molecule has 0 aliphatic carbocycles. The molecule has 1 aromatic carbocycles. The normalized spacial score (nSPS) is 10.8. The Morgan fingerprint density at radius 2 is 2.24 bits per heavy atom. The number of nitrogens with zero attached hydrogens (tertiary/aromatic N) is 5. The first-order chi connectivity index (χ1) is 8.18. The predicted molar refractivity (Wildman–Crippen MR) is 56.0 cm³/mol. The SMILES string of the molecule is Nc1nnnn1/N=C\c1ccccc1C(=O)[O-]. The zero-order valence-corrected chi connectivity index (χ0v) is 8.52. The van der Waals surface area contributed by atoms with Crippen molar-refractivity contribution in [2.75, 3.05) is 5.73 Å². The highest BCUT2D eigenvalue weighted by atomic mass is 16.4. The second kappa shape index (κ2) is 4.39. The lowest BCUT2D eigenvalue weighted by atomic mass is 10.1. The number of rotatable bonds is 3. The first kappa shape index (κ1) is 10.7. The lowest BCUT2D eigenvalue weighted by Gasteiger charge is -2.05. The molecule has 1 heterocycles. The molecule has 0 saturated carbocycles. The van der Waals surface area contributed by atoms with Crippen LogP contribution in [-0.4, -0.2) is 32.5 Å². The molecule has 8 heteroatoms. The van der Waals surface area contributed by atoms with Crippen molar-refractivity contribution in [1.29, 1.82) is 0 Å². The monoisotopic (exact) mass is 231 g/mol. The topological polar surface area (TPSA) is 122 Å². The molecule has 1 aromatic heterocycles. The van der Waals surface area contributed by atoms with E-state index >= 15 is 0 Å². The van der Waals surface area contributed by atoms with Crippen LogP contribution >= 0.6 is 0 Å². The molecule has 0 spiro atoms. The van der Waals surface area contributed by atoms with Gasteiger partial charge < -0.3 is 15.6 Å². The number of hydrogen-bond acceptors (Lipinski definition) is 7. The Labute approximate surface area is 95.4 Å². The summed E-state index contributed by atoms with van der Waals surface area (Å²) in [6.07, 6.45) is 1.29. The van der Waals surface area contributed by atoms with Gasteiger partial charge in [-0.25, -0.2) is 0 Å². The van der Waals surface area contributed by atoms with Crippen molar-refractivity contribution in [3.63, 3.8) is 0 Å². The van der Waals surface area contributed by atoms with Gasteiger partial charge in [0.05, 0.1) is 12.2 Å². The summed E-state index contributed by atoms with van der Waals surface area (Å²) in [4.78, 5) is 11.8. The number of aromatic carboxylic acids is 1. The van der Waals surface area contributed by atoms with Crippen LogP contribution in [0.25, 0.3) is 0 Å². The lowest BCUT2D eigenvalue weighted by Crippen LogP contribution is -2.23. The third kappa shape index (κ3) is 2.25. The zero-order chi connectivity index (χ0) is 12.3. The highest BCUT2D eigenvalue weighted by Crippen LogP contribution is 2.05. The van der Waals surface area contributed by atoms with Crippen molar-refractivity contribution in [3.05, 3.63) is 35.4 Å². The number of carbonyl (C=O) groups excluding carboxylic acids is 1. The maximum Gasteiger partial charge on any atom is 0.263 e. The number of nitrogens with two attached hydrogens (primary N) is 1. The van der Waals surface area contributed by atoms with Crippen molar-refractivity contribution in [3.8, 4) is 0 Å². The third-order valence-electron chi connectivity index (χ3n) is 1.96. The number of benzene rings is 1. The second-order valence-electron chi connectivity index (χ2n) is 3.05. The van der Waals surface area contributed by atoms with Crippen LogP contribution in [0.15, 0.2) is 29.4 Å². The minimum absolute atomic E-state index is 0.00665. The fourth-order valence-electron chi connectivity index (χ4n) is 1.18. The number of aromatic nitrogens is 4. The quantitative estimate of drug-likeness (QED) is 0.641. The van der Waals surface area contributed by atoms with Crippen LogP contribution in [0.5, 0.6) is 0 Å². The van der Waals surface area contributed by atoms with E-state index in [2.05, 4.69) is 20.6 Å². The summed E-state index contributed by atoms with van der Waals surface area (Å²) in [7, 11) is 0. The molecule has 0 radical (unpaired) electrons. The van der Waals surface area contributed by atoms with E-state index in [1.165, 1.54) is 12.3 Å². The zero-order valence-electron chi connectivity index (χ0n) is 8.52. The van der Waals surface area contributed by atoms with Gasteiger partial charge in [-0.05, 0) is 10.4 Å². The minimum Gasteiger partial charge on any atom is -0.545 e. The van der Waals surface area contributed by atoms with Gasteiger partial charge in [0.25, 0.3) is 5.95 Å². The van der Waals surface area contributed by atoms with E-state index < -0.39 is 5.97 Å². The highest BCUT2D eigenvalue weighted by Gasteiger charge is 2.01. The van der Waals surface area contributed by atoms with Gasteiger partial charge in [-0.15, -0.1) is 0 Å². The van der Waals surface area contributed by atoms with Crippen LogP contribution in [-0.2, 0) is 0 Å². The minimum atomic E-state index is -1.28. The first-order valence-corrected chi connectivity index (χ1v) is 4.57. The van der Waals surface area contributed by atoms with Crippen LogP contribution in [0.4, 0.5) is 5.95 Å². The summed E-state index contributed by atoms with van der Waals surface area (Å²) in [5, 5.41) is 24.8. The van der Waals surface area contributed by atoms with Gasteiger partial charge in [-0.2, -0.15) is 5.10 Å². The van der Waals surface area contributed by atoms with E-state index in [0.29, 0.717) is 5.56 Å². The summed E-state index contributed by atoms with van der Waals surface area (Å²) in [5.74, 6) is -1.27. The molecule has 0 bridgehead atoms. The van der Waals surface area contributed by atoms with Gasteiger partial charge in [0.1, 0.15) is 0 Å². The van der Waals surface area contributed by atoms with E-state index in [4.69, 9.17) is 5.73 Å². The molecule has 0 unspecified atom stereocenters. The molecular formula is C9H7N6O2-. The summed E-state index contributed by atoms with van der Waals surface area (Å²) < 4.78 is 0. The van der Waals surface area contributed by atoms with Gasteiger partial charge >= 0.3 is 0 Å². The number of nitrogen functional groups attached to an aromatic ring is 1. The molecular weight excluding hydrogens is 224 g/mol. The molecule has 0 saturated heterocycles. The summed E-state index contributed by atoms with van der Waals surface area (Å²) in [6.45, 7) is 0. The number of anilines is 1. The number of hydrogen-bond donors (Lipinski definition) is 1. The Morgan fingerprint density at radius 1 is 1.47 bits per heavy atom. The molecule has 0 aliphatic heterocycles. The van der Waals surface area contributed by atoms with E-state index in [0.717, 1.165) is 4.79 Å². The van der Waals surface area contributed by atoms with E-state index in [-0.39, 0.29) is 11.5 Å². The van der Waals surface area contributed by atoms with Crippen molar-refractivity contribution < 1.29 is 9.90 Å². The number of tetrazole rings is 1. The first-order valence-electron chi connectivity index (χ1n) is 4.57. The number of carboxylic acids is 1. The van der Waals surface area contributed by atoms with Crippen LogP contribution in [0, 0.1) is 0 Å². The Hall–Kier alpha value is -2.77. The molecule has 17 heavy (non-hydrogen) atoms. The largest absolute Gasteiger partial charge is 0.545 e. The molecule has 2 rings (SSSR count). The second-order valence-corrected chi connectivity index (χ2v) is 3.05. The van der Waals surface area contributed by atoms with Crippen molar-refractivity contribution >= 4 is 18.1 Å². The van der Waals surface area contributed by atoms with E-state index in [1.54, 1.807) is 18.2 Å². The highest BCUT2D eigenvalue weighted by molar-refractivity contribution is 5.97. The van der Waals surface area contributed by atoms with Crippen LogP contribution in [0.2, 0.25) is 0 Å². The van der Waals surface area contributed by atoms with Gasteiger partial charge in [0, 0.05) is 11.1 Å². The Kier molecular flexibility index (Phi) is 2.77. The van der Waals surface area contributed by atoms with E-state index in [1.807, 2.05) is 0 Å². The van der Waals surface area contributed by atoms with Gasteiger partial charge in [-0.1, -0.05) is 34.2 Å². The molecule has 2 N–H and O–H groups in total. The fourth-order valence-corrected chi connectivity index (χ4v) is 1.18. The van der Waals surface area contributed by atoms with Crippen molar-refractivity contribution in [2.24, 2.45) is 5.10 Å². The number of carbonyl (C=O) groups is 1. The van der Waals surface area contributed by atoms with Gasteiger partial charge in [-0.3, -0.25) is 0 Å². The molecule has 0 atom stereocenters. The maximum absolute atomic E-state index is 10.8. The van der Waals surface area contributed by atoms with Crippen LogP contribution in [0.1, 0.15) is 15.9 Å². The Balaban J connectivity index is 2.33. The van der Waals surface area contributed by atoms with Crippen LogP contribution < -0.4 is 10.8 Å². The fraction of sp³-hybridized carbons (Fsp3) is 0.